The lowest BCUT2D eigenvalue weighted by Gasteiger charge is -2.18. The van der Waals surface area contributed by atoms with Gasteiger partial charge in [0.2, 0.25) is 0 Å². The van der Waals surface area contributed by atoms with E-state index >= 15 is 0 Å². The molecular weight excluding hydrogens is 529 g/mol. The second-order valence-corrected chi connectivity index (χ2v) is 10.4. The molecule has 5 rings (SSSR count). The molecule has 2 aromatic carbocycles. The van der Waals surface area contributed by atoms with Gasteiger partial charge in [-0.05, 0) is 59.7 Å². The first kappa shape index (κ1) is 25.8. The Balaban J connectivity index is 1.32. The summed E-state index contributed by atoms with van der Waals surface area (Å²) in [6.07, 6.45) is -1.06. The van der Waals surface area contributed by atoms with E-state index in [9.17, 15) is 27.9 Å². The number of hydrogen-bond donors (Lipinski definition) is 1. The summed E-state index contributed by atoms with van der Waals surface area (Å²) in [4.78, 5) is 28.8. The first-order valence-electron chi connectivity index (χ1n) is 11.6. The predicted octanol–water partition coefficient (Wildman–Crippen LogP) is 4.86. The minimum absolute atomic E-state index is 0.00491. The van der Waals surface area contributed by atoms with E-state index in [1.807, 2.05) is 4.90 Å². The minimum atomic E-state index is -4.55. The first-order valence-corrected chi connectivity index (χ1v) is 12.7. The number of carbonyl (C=O) groups excluding carboxylic acids is 2. The summed E-state index contributed by atoms with van der Waals surface area (Å²) in [5.41, 5.74) is 0.531. The molecule has 1 N–H and O–H groups in total. The van der Waals surface area contributed by atoms with E-state index in [1.165, 1.54) is 21.7 Å². The number of imide groups is 1. The molecule has 2 fully saturated rings. The second kappa shape index (κ2) is 10.1. The van der Waals surface area contributed by atoms with Crippen molar-refractivity contribution in [3.05, 3.63) is 69.2 Å². The Morgan fingerprint density at radius 2 is 1.97 bits per heavy atom. The van der Waals surface area contributed by atoms with Crippen LogP contribution in [0.2, 0.25) is 5.02 Å². The quantitative estimate of drug-likeness (QED) is 0.442. The zero-order valence-corrected chi connectivity index (χ0v) is 21.0. The fraction of sp³-hybridized carbons (Fsp3) is 0.320. The maximum absolute atomic E-state index is 13.5. The van der Waals surface area contributed by atoms with Gasteiger partial charge in [-0.2, -0.15) is 18.3 Å². The molecule has 12 heteroatoms. The largest absolute Gasteiger partial charge is 0.416 e. The van der Waals surface area contributed by atoms with Crippen molar-refractivity contribution >= 4 is 51.5 Å². The number of aliphatic hydroxyl groups is 1. The number of hydrogen-bond acceptors (Lipinski definition) is 6. The Hall–Kier alpha value is -2.86. The van der Waals surface area contributed by atoms with E-state index in [1.54, 1.807) is 30.5 Å². The highest BCUT2D eigenvalue weighted by Crippen LogP contribution is 2.35. The van der Waals surface area contributed by atoms with Crippen LogP contribution in [-0.2, 0) is 17.5 Å². The average Bonchev–Trinajstić information content (AvgIpc) is 3.51. The van der Waals surface area contributed by atoms with E-state index in [4.69, 9.17) is 11.6 Å². The standard InChI is InChI=1S/C25H22ClF3N4O3S/c26-18-3-2-16(20(11-18)25(27,28)29)13-33-21-4-1-15(9-17(21)12-30-33)10-22-23(35)32(24(36)37-22)8-7-31-6-5-19(34)14-31/h1-4,9-12,19,34H,5-8,13-14H2/b22-10-/t19-/m0/s1. The third kappa shape index (κ3) is 5.54. The van der Waals surface area contributed by atoms with Gasteiger partial charge in [0.05, 0.1) is 34.8 Å². The van der Waals surface area contributed by atoms with Crippen LogP contribution >= 0.6 is 23.4 Å². The minimum Gasteiger partial charge on any atom is -0.392 e. The van der Waals surface area contributed by atoms with E-state index in [0.29, 0.717) is 40.9 Å². The van der Waals surface area contributed by atoms with Crippen LogP contribution in [0.15, 0.2) is 47.5 Å². The van der Waals surface area contributed by atoms with Crippen molar-refractivity contribution in [1.82, 2.24) is 19.6 Å². The highest BCUT2D eigenvalue weighted by Gasteiger charge is 2.36. The molecule has 2 amide bonds. The van der Waals surface area contributed by atoms with Crippen molar-refractivity contribution < 1.29 is 27.9 Å². The van der Waals surface area contributed by atoms with E-state index in [2.05, 4.69) is 5.10 Å². The van der Waals surface area contributed by atoms with Crippen LogP contribution in [0.5, 0.6) is 0 Å². The summed E-state index contributed by atoms with van der Waals surface area (Å²) < 4.78 is 41.9. The number of alkyl halides is 3. The topological polar surface area (TPSA) is 78.7 Å². The lowest BCUT2D eigenvalue weighted by molar-refractivity contribution is -0.138. The number of benzene rings is 2. The van der Waals surface area contributed by atoms with Crippen molar-refractivity contribution in [3.8, 4) is 0 Å². The Morgan fingerprint density at radius 3 is 2.70 bits per heavy atom. The fourth-order valence-electron chi connectivity index (χ4n) is 4.53. The number of nitrogens with zero attached hydrogens (tertiary/aromatic N) is 4. The molecule has 2 aliphatic heterocycles. The van der Waals surface area contributed by atoms with Gasteiger partial charge in [0.1, 0.15) is 0 Å². The zero-order valence-electron chi connectivity index (χ0n) is 19.4. The summed E-state index contributed by atoms with van der Waals surface area (Å²) in [6, 6.07) is 8.88. The van der Waals surface area contributed by atoms with Gasteiger partial charge in [0.25, 0.3) is 11.1 Å². The maximum Gasteiger partial charge on any atom is 0.416 e. The Labute approximate surface area is 219 Å². The number of β-amino-alcohol motifs (C(OH)–C–C–N with tert-alkyl or cyclic N) is 1. The first-order chi connectivity index (χ1) is 17.6. The van der Waals surface area contributed by atoms with Gasteiger partial charge in [-0.1, -0.05) is 23.7 Å². The van der Waals surface area contributed by atoms with Gasteiger partial charge in [-0.15, -0.1) is 0 Å². The Kier molecular flexibility index (Phi) is 7.06. The number of fused-ring (bicyclic) bond motifs is 1. The SMILES string of the molecule is O=C1S/C(=C\c2ccc3c(cnn3Cc3ccc(Cl)cc3C(F)(F)F)c2)C(=O)N1CCN1CC[C@H](O)C1. The van der Waals surface area contributed by atoms with Crippen LogP contribution in [0.1, 0.15) is 23.1 Å². The van der Waals surface area contributed by atoms with Gasteiger partial charge in [0, 0.05) is 36.6 Å². The Bertz CT molecular complexity index is 1410. The molecule has 0 saturated carbocycles. The number of amides is 2. The number of thioether (sulfide) groups is 1. The maximum atomic E-state index is 13.5. The molecule has 3 aromatic rings. The molecule has 1 aromatic heterocycles. The normalized spacial score (nSPS) is 20.2. The smallest absolute Gasteiger partial charge is 0.392 e. The summed E-state index contributed by atoms with van der Waals surface area (Å²) in [5.74, 6) is -0.368. The van der Waals surface area contributed by atoms with E-state index in [-0.39, 0.29) is 40.9 Å². The second-order valence-electron chi connectivity index (χ2n) is 9.00. The predicted molar refractivity (Wildman–Crippen MR) is 135 cm³/mol. The van der Waals surface area contributed by atoms with Gasteiger partial charge >= 0.3 is 6.18 Å². The van der Waals surface area contributed by atoms with Crippen LogP contribution in [0, 0.1) is 0 Å². The molecule has 1 atom stereocenters. The van der Waals surface area contributed by atoms with Crippen LogP contribution in [0.3, 0.4) is 0 Å². The average molecular weight is 551 g/mol. The number of likely N-dealkylation sites (tertiary alicyclic amines) is 1. The fourth-order valence-corrected chi connectivity index (χ4v) is 5.57. The Morgan fingerprint density at radius 1 is 1.16 bits per heavy atom. The lowest BCUT2D eigenvalue weighted by atomic mass is 10.1. The molecule has 0 unspecified atom stereocenters. The van der Waals surface area contributed by atoms with Gasteiger partial charge in [-0.3, -0.25) is 24.1 Å². The highest BCUT2D eigenvalue weighted by atomic mass is 35.5. The number of halogens is 4. The van der Waals surface area contributed by atoms with Gasteiger partial charge < -0.3 is 5.11 Å². The number of aromatic nitrogens is 2. The van der Waals surface area contributed by atoms with Crippen LogP contribution in [0.25, 0.3) is 17.0 Å². The third-order valence-electron chi connectivity index (χ3n) is 6.42. The molecule has 7 nitrogen and oxygen atoms in total. The van der Waals surface area contributed by atoms with Crippen molar-refractivity contribution in [2.75, 3.05) is 26.2 Å². The summed E-state index contributed by atoms with van der Waals surface area (Å²) >= 11 is 6.65. The summed E-state index contributed by atoms with van der Waals surface area (Å²) in [5, 5.41) is 14.3. The molecule has 3 heterocycles. The van der Waals surface area contributed by atoms with Crippen molar-refractivity contribution in [1.29, 1.82) is 0 Å². The van der Waals surface area contributed by atoms with Gasteiger partial charge in [0.15, 0.2) is 0 Å². The molecule has 0 aliphatic carbocycles. The van der Waals surface area contributed by atoms with Crippen molar-refractivity contribution in [2.24, 2.45) is 0 Å². The number of aliphatic hydroxyl groups excluding tert-OH is 1. The molecule has 194 valence electrons. The van der Waals surface area contributed by atoms with Crippen LogP contribution in [-0.4, -0.2) is 68.1 Å². The highest BCUT2D eigenvalue weighted by molar-refractivity contribution is 8.18. The monoisotopic (exact) mass is 550 g/mol. The van der Waals surface area contributed by atoms with E-state index < -0.39 is 11.7 Å². The number of carbonyl (C=O) groups is 2. The molecule has 0 radical (unpaired) electrons. The van der Waals surface area contributed by atoms with Crippen LogP contribution < -0.4 is 0 Å². The van der Waals surface area contributed by atoms with E-state index in [0.717, 1.165) is 24.4 Å². The van der Waals surface area contributed by atoms with Crippen LogP contribution in [0.4, 0.5) is 18.0 Å². The lowest BCUT2D eigenvalue weighted by Crippen LogP contribution is -2.36. The zero-order chi connectivity index (χ0) is 26.3. The van der Waals surface area contributed by atoms with Crippen molar-refractivity contribution in [3.63, 3.8) is 0 Å². The molecule has 2 aliphatic rings. The molecular formula is C25H22ClF3N4O3S. The summed E-state index contributed by atoms with van der Waals surface area (Å²) in [6.45, 7) is 1.94. The molecule has 0 spiro atoms. The molecule has 37 heavy (non-hydrogen) atoms. The molecule has 0 bridgehead atoms. The molecule has 2 saturated heterocycles. The van der Waals surface area contributed by atoms with Crippen molar-refractivity contribution in [2.45, 2.75) is 25.2 Å². The summed E-state index contributed by atoms with van der Waals surface area (Å²) in [7, 11) is 0. The number of rotatable bonds is 6. The third-order valence-corrected chi connectivity index (χ3v) is 7.56. The van der Waals surface area contributed by atoms with Gasteiger partial charge in [-0.25, -0.2) is 0 Å².